The van der Waals surface area contributed by atoms with Crippen molar-refractivity contribution >= 4 is 51.4 Å². The highest BCUT2D eigenvalue weighted by molar-refractivity contribution is 14.0. The predicted molar refractivity (Wildman–Crippen MR) is 118 cm³/mol. The number of nitrogens with zero attached hydrogens (tertiary/aromatic N) is 1. The van der Waals surface area contributed by atoms with Gasteiger partial charge < -0.3 is 10.6 Å². The zero-order valence-electron chi connectivity index (χ0n) is 14.5. The molecule has 5 nitrogen and oxygen atoms in total. The second-order valence-corrected chi connectivity index (χ2v) is 7.98. The molecule has 2 rings (SSSR count). The molecule has 0 aliphatic carbocycles. The van der Waals surface area contributed by atoms with Crippen molar-refractivity contribution in [2.24, 2.45) is 4.99 Å². The van der Waals surface area contributed by atoms with Crippen LogP contribution in [0.1, 0.15) is 5.56 Å². The minimum atomic E-state index is -3.29. The highest BCUT2D eigenvalue weighted by Crippen LogP contribution is 2.10. The van der Waals surface area contributed by atoms with Crippen LogP contribution in [-0.2, 0) is 16.3 Å². The van der Waals surface area contributed by atoms with Gasteiger partial charge in [0.15, 0.2) is 15.8 Å². The van der Waals surface area contributed by atoms with Crippen LogP contribution in [0.4, 0.5) is 0 Å². The molecule has 2 aromatic rings. The van der Waals surface area contributed by atoms with Gasteiger partial charge in [-0.05, 0) is 36.2 Å². The molecule has 0 aliphatic rings. The molecule has 0 aliphatic heterocycles. The molecule has 2 N–H and O–H groups in total. The van der Waals surface area contributed by atoms with E-state index in [4.69, 9.17) is 11.6 Å². The van der Waals surface area contributed by atoms with Crippen LogP contribution in [-0.4, -0.2) is 40.3 Å². The molecule has 0 aromatic heterocycles. The van der Waals surface area contributed by atoms with Crippen molar-refractivity contribution in [3.63, 3.8) is 0 Å². The van der Waals surface area contributed by atoms with Gasteiger partial charge in [0.25, 0.3) is 0 Å². The monoisotopic (exact) mass is 507 g/mol. The minimum Gasteiger partial charge on any atom is -0.356 e. The number of sulfone groups is 1. The zero-order chi connectivity index (χ0) is 18.1. The number of rotatable bonds is 7. The topological polar surface area (TPSA) is 70.6 Å². The second kappa shape index (κ2) is 11.4. The lowest BCUT2D eigenvalue weighted by Crippen LogP contribution is -2.40. The molecule has 8 heteroatoms. The maximum atomic E-state index is 12.2. The Kier molecular flexibility index (Phi) is 9.97. The summed E-state index contributed by atoms with van der Waals surface area (Å²) < 4.78 is 24.4. The summed E-state index contributed by atoms with van der Waals surface area (Å²) in [5.41, 5.74) is 1.17. The molecule has 0 unspecified atom stereocenters. The van der Waals surface area contributed by atoms with E-state index >= 15 is 0 Å². The van der Waals surface area contributed by atoms with Crippen LogP contribution in [0.15, 0.2) is 64.5 Å². The summed E-state index contributed by atoms with van der Waals surface area (Å²) in [5.74, 6) is 0.590. The van der Waals surface area contributed by atoms with E-state index in [0.29, 0.717) is 22.4 Å². The van der Waals surface area contributed by atoms with E-state index in [9.17, 15) is 8.42 Å². The molecular formula is C18H23ClIN3O2S. The fourth-order valence-electron chi connectivity index (χ4n) is 2.25. The molecular weight excluding hydrogens is 485 g/mol. The van der Waals surface area contributed by atoms with Crippen LogP contribution >= 0.6 is 35.6 Å². The second-order valence-electron chi connectivity index (χ2n) is 5.43. The summed E-state index contributed by atoms with van der Waals surface area (Å²) in [6, 6.07) is 16.1. The zero-order valence-corrected chi connectivity index (χ0v) is 18.4. The highest BCUT2D eigenvalue weighted by atomic mass is 127. The molecule has 2 aromatic carbocycles. The summed E-state index contributed by atoms with van der Waals surface area (Å²) in [7, 11) is -1.63. The van der Waals surface area contributed by atoms with Crippen molar-refractivity contribution in [1.82, 2.24) is 10.6 Å². The highest BCUT2D eigenvalue weighted by Gasteiger charge is 2.13. The van der Waals surface area contributed by atoms with Gasteiger partial charge in [-0.3, -0.25) is 4.99 Å². The van der Waals surface area contributed by atoms with Gasteiger partial charge in [-0.2, -0.15) is 0 Å². The van der Waals surface area contributed by atoms with Crippen molar-refractivity contribution in [3.8, 4) is 0 Å². The Balaban J connectivity index is 0.00000338. The first-order valence-electron chi connectivity index (χ1n) is 7.98. The third-order valence-corrected chi connectivity index (χ3v) is 5.59. The molecule has 0 saturated heterocycles. The Morgan fingerprint density at radius 1 is 1.00 bits per heavy atom. The summed E-state index contributed by atoms with van der Waals surface area (Å²) >= 11 is 5.86. The fraction of sp³-hybridized carbons (Fsp3) is 0.278. The van der Waals surface area contributed by atoms with Gasteiger partial charge in [0.2, 0.25) is 0 Å². The van der Waals surface area contributed by atoms with E-state index < -0.39 is 9.84 Å². The molecule has 0 fully saturated rings. The number of hydrogen-bond donors (Lipinski definition) is 2. The Morgan fingerprint density at radius 2 is 1.62 bits per heavy atom. The fourth-order valence-corrected chi connectivity index (χ4v) is 3.55. The van der Waals surface area contributed by atoms with Crippen molar-refractivity contribution < 1.29 is 8.42 Å². The van der Waals surface area contributed by atoms with Crippen molar-refractivity contribution in [1.29, 1.82) is 0 Å². The Hall–Kier alpha value is -1.32. The Morgan fingerprint density at radius 3 is 2.23 bits per heavy atom. The van der Waals surface area contributed by atoms with E-state index in [1.165, 1.54) is 5.56 Å². The normalized spacial score (nSPS) is 11.5. The molecule has 0 bridgehead atoms. The summed E-state index contributed by atoms with van der Waals surface area (Å²) in [4.78, 5) is 4.44. The molecule has 0 heterocycles. The number of benzene rings is 2. The molecule has 0 atom stereocenters. The third-order valence-electron chi connectivity index (χ3n) is 3.61. The lowest BCUT2D eigenvalue weighted by atomic mass is 10.1. The van der Waals surface area contributed by atoms with Gasteiger partial charge in [-0.1, -0.05) is 41.9 Å². The van der Waals surface area contributed by atoms with Crippen LogP contribution in [0.3, 0.4) is 0 Å². The maximum absolute atomic E-state index is 12.2. The largest absolute Gasteiger partial charge is 0.356 e. The third kappa shape index (κ3) is 7.51. The Bertz CT molecular complexity index is 797. The number of halogens is 2. The number of aliphatic imine (C=N–C) groups is 1. The first kappa shape index (κ1) is 22.7. The van der Waals surface area contributed by atoms with E-state index in [1.54, 1.807) is 37.4 Å². The standard InChI is InChI=1S/C18H22ClN3O2S.HI/c1-20-18(21-12-11-15-7-9-16(19)10-8-15)22-13-14-25(23,24)17-5-3-2-4-6-17;/h2-10H,11-14H2,1H3,(H2,20,21,22);1H. The molecule has 142 valence electrons. The molecule has 0 saturated carbocycles. The van der Waals surface area contributed by atoms with E-state index in [-0.39, 0.29) is 36.3 Å². The average molecular weight is 508 g/mol. The Labute approximate surface area is 177 Å². The smallest absolute Gasteiger partial charge is 0.191 e. The molecule has 0 amide bonds. The van der Waals surface area contributed by atoms with Crippen molar-refractivity contribution in [2.75, 3.05) is 25.9 Å². The first-order valence-corrected chi connectivity index (χ1v) is 10.0. The number of nitrogens with one attached hydrogen (secondary N) is 2. The van der Waals surface area contributed by atoms with Gasteiger partial charge in [0.05, 0.1) is 10.6 Å². The maximum Gasteiger partial charge on any atom is 0.191 e. The van der Waals surface area contributed by atoms with E-state index in [1.807, 2.05) is 24.3 Å². The van der Waals surface area contributed by atoms with Crippen LogP contribution in [0.25, 0.3) is 0 Å². The van der Waals surface area contributed by atoms with Crippen molar-refractivity contribution in [2.45, 2.75) is 11.3 Å². The molecule has 0 spiro atoms. The SMILES string of the molecule is CN=C(NCCc1ccc(Cl)cc1)NCCS(=O)(=O)c1ccccc1.I. The van der Waals surface area contributed by atoms with Gasteiger partial charge in [0.1, 0.15) is 0 Å². The van der Waals surface area contributed by atoms with Crippen molar-refractivity contribution in [3.05, 3.63) is 65.2 Å². The number of guanidine groups is 1. The molecule has 26 heavy (non-hydrogen) atoms. The average Bonchev–Trinajstić information content (AvgIpc) is 2.62. The first-order chi connectivity index (χ1) is 12.0. The summed E-state index contributed by atoms with van der Waals surface area (Å²) in [6.07, 6.45) is 0.820. The number of hydrogen-bond acceptors (Lipinski definition) is 3. The minimum absolute atomic E-state index is 0. The van der Waals surface area contributed by atoms with E-state index in [2.05, 4.69) is 15.6 Å². The van der Waals surface area contributed by atoms with Gasteiger partial charge in [-0.25, -0.2) is 8.42 Å². The lowest BCUT2D eigenvalue weighted by Gasteiger charge is -2.12. The summed E-state index contributed by atoms with van der Waals surface area (Å²) in [6.45, 7) is 0.977. The van der Waals surface area contributed by atoms with Crippen LogP contribution in [0, 0.1) is 0 Å². The quantitative estimate of drug-likeness (QED) is 0.343. The summed E-state index contributed by atoms with van der Waals surface area (Å²) in [5, 5.41) is 6.92. The predicted octanol–water partition coefficient (Wildman–Crippen LogP) is 3.14. The van der Waals surface area contributed by atoms with Gasteiger partial charge in [0, 0.05) is 25.2 Å². The van der Waals surface area contributed by atoms with Crippen LogP contribution < -0.4 is 10.6 Å². The van der Waals surface area contributed by atoms with Crippen LogP contribution in [0.2, 0.25) is 5.02 Å². The van der Waals surface area contributed by atoms with Crippen LogP contribution in [0.5, 0.6) is 0 Å². The van der Waals surface area contributed by atoms with Gasteiger partial charge >= 0.3 is 0 Å². The van der Waals surface area contributed by atoms with Gasteiger partial charge in [-0.15, -0.1) is 24.0 Å². The molecule has 0 radical (unpaired) electrons. The lowest BCUT2D eigenvalue weighted by molar-refractivity contribution is 0.594. The van der Waals surface area contributed by atoms with E-state index in [0.717, 1.165) is 6.42 Å².